The summed E-state index contributed by atoms with van der Waals surface area (Å²) in [7, 11) is -2.23. The molecule has 0 unspecified atom stereocenters. The van der Waals surface area contributed by atoms with E-state index in [1.807, 2.05) is 6.07 Å². The number of aromatic nitrogens is 1. The summed E-state index contributed by atoms with van der Waals surface area (Å²) in [4.78, 5) is 4.26. The van der Waals surface area contributed by atoms with Gasteiger partial charge in [0.2, 0.25) is 0 Å². The third-order valence-corrected chi connectivity index (χ3v) is 5.33. The van der Waals surface area contributed by atoms with E-state index in [0.29, 0.717) is 27.8 Å². The molecule has 0 bridgehead atoms. The van der Waals surface area contributed by atoms with Crippen molar-refractivity contribution >= 4 is 38.6 Å². The Labute approximate surface area is 148 Å². The number of sulfonamides is 1. The fourth-order valence-electron chi connectivity index (χ4n) is 2.08. The molecule has 0 saturated carbocycles. The SMILES string of the molecule is COc1ccc(NS(=O)(=O)c2ccc3oc(SCC#N)nc3c2)cc1. The van der Waals surface area contributed by atoms with Crippen molar-refractivity contribution in [3.8, 4) is 11.8 Å². The summed E-state index contributed by atoms with van der Waals surface area (Å²) in [6.07, 6.45) is 0. The Kier molecular flexibility index (Phi) is 4.83. The van der Waals surface area contributed by atoms with Crippen molar-refractivity contribution in [1.29, 1.82) is 5.26 Å². The van der Waals surface area contributed by atoms with Crippen molar-refractivity contribution in [3.63, 3.8) is 0 Å². The first-order valence-corrected chi connectivity index (χ1v) is 9.56. The molecule has 3 rings (SSSR count). The van der Waals surface area contributed by atoms with E-state index in [0.717, 1.165) is 11.8 Å². The first-order chi connectivity index (χ1) is 12.0. The van der Waals surface area contributed by atoms with Gasteiger partial charge in [0.1, 0.15) is 11.3 Å². The van der Waals surface area contributed by atoms with E-state index < -0.39 is 10.0 Å². The second-order valence-electron chi connectivity index (χ2n) is 4.89. The lowest BCUT2D eigenvalue weighted by Gasteiger charge is -2.08. The summed E-state index contributed by atoms with van der Waals surface area (Å²) >= 11 is 1.15. The number of hydrogen-bond acceptors (Lipinski definition) is 7. The number of nitriles is 1. The predicted molar refractivity (Wildman–Crippen MR) is 94.1 cm³/mol. The number of benzene rings is 2. The summed E-state index contributed by atoms with van der Waals surface area (Å²) in [6.45, 7) is 0. The van der Waals surface area contributed by atoms with Gasteiger partial charge in [-0.1, -0.05) is 11.8 Å². The Morgan fingerprint density at radius 1 is 1.28 bits per heavy atom. The van der Waals surface area contributed by atoms with Crippen molar-refractivity contribution in [3.05, 3.63) is 42.5 Å². The van der Waals surface area contributed by atoms with Crippen LogP contribution < -0.4 is 9.46 Å². The van der Waals surface area contributed by atoms with Crippen molar-refractivity contribution in [2.75, 3.05) is 17.6 Å². The lowest BCUT2D eigenvalue weighted by Crippen LogP contribution is -2.12. The average molecular weight is 375 g/mol. The Morgan fingerprint density at radius 3 is 2.72 bits per heavy atom. The van der Waals surface area contributed by atoms with Crippen LogP contribution in [0.4, 0.5) is 5.69 Å². The molecular weight excluding hydrogens is 362 g/mol. The van der Waals surface area contributed by atoms with E-state index in [1.165, 1.54) is 19.2 Å². The number of nitrogens with zero attached hydrogens (tertiary/aromatic N) is 2. The molecule has 1 aromatic heterocycles. The van der Waals surface area contributed by atoms with Crippen LogP contribution in [0.5, 0.6) is 5.75 Å². The zero-order valence-corrected chi connectivity index (χ0v) is 14.7. The van der Waals surface area contributed by atoms with Gasteiger partial charge in [0.25, 0.3) is 15.2 Å². The highest BCUT2D eigenvalue weighted by atomic mass is 32.2. The molecule has 1 heterocycles. The molecule has 0 aliphatic rings. The number of thioether (sulfide) groups is 1. The number of hydrogen-bond donors (Lipinski definition) is 1. The maximum absolute atomic E-state index is 12.5. The van der Waals surface area contributed by atoms with Crippen LogP contribution >= 0.6 is 11.8 Å². The Morgan fingerprint density at radius 2 is 2.04 bits per heavy atom. The van der Waals surface area contributed by atoms with Gasteiger partial charge in [0.15, 0.2) is 5.58 Å². The minimum atomic E-state index is -3.76. The normalized spacial score (nSPS) is 11.2. The van der Waals surface area contributed by atoms with Crippen LogP contribution in [0.25, 0.3) is 11.1 Å². The molecule has 128 valence electrons. The Bertz CT molecular complexity index is 1040. The molecule has 0 atom stereocenters. The van der Waals surface area contributed by atoms with E-state index >= 15 is 0 Å². The van der Waals surface area contributed by atoms with Crippen molar-refractivity contribution < 1.29 is 17.6 Å². The van der Waals surface area contributed by atoms with Crippen LogP contribution in [0.15, 0.2) is 57.0 Å². The van der Waals surface area contributed by atoms with Crippen molar-refractivity contribution in [2.24, 2.45) is 0 Å². The molecule has 25 heavy (non-hydrogen) atoms. The second-order valence-corrected chi connectivity index (χ2v) is 7.50. The molecule has 3 aromatic rings. The zero-order valence-electron chi connectivity index (χ0n) is 13.1. The topological polar surface area (TPSA) is 105 Å². The zero-order chi connectivity index (χ0) is 17.9. The highest BCUT2D eigenvalue weighted by Gasteiger charge is 2.17. The average Bonchev–Trinajstić information content (AvgIpc) is 3.02. The summed E-state index contributed by atoms with van der Waals surface area (Å²) in [5.74, 6) is 0.839. The third kappa shape index (κ3) is 3.87. The molecule has 0 aliphatic heterocycles. The molecule has 0 amide bonds. The Balaban J connectivity index is 1.86. The Hall–Kier alpha value is -2.70. The van der Waals surface area contributed by atoms with Gasteiger partial charge in [0.05, 0.1) is 23.8 Å². The molecule has 0 radical (unpaired) electrons. The van der Waals surface area contributed by atoms with Gasteiger partial charge in [-0.2, -0.15) is 5.26 Å². The van der Waals surface area contributed by atoms with Gasteiger partial charge in [-0.15, -0.1) is 0 Å². The van der Waals surface area contributed by atoms with Gasteiger partial charge in [-0.05, 0) is 42.5 Å². The molecule has 0 spiro atoms. The van der Waals surface area contributed by atoms with E-state index in [-0.39, 0.29) is 10.6 Å². The first-order valence-electron chi connectivity index (χ1n) is 7.09. The molecular formula is C16H13N3O4S2. The number of anilines is 1. The minimum absolute atomic E-state index is 0.0703. The summed E-state index contributed by atoms with van der Waals surface area (Å²) in [5.41, 5.74) is 1.30. The molecule has 2 aromatic carbocycles. The summed E-state index contributed by atoms with van der Waals surface area (Å²) in [5, 5.41) is 8.92. The molecule has 0 aliphatic carbocycles. The minimum Gasteiger partial charge on any atom is -0.497 e. The summed E-state index contributed by atoms with van der Waals surface area (Å²) in [6, 6.07) is 13.0. The first kappa shape index (κ1) is 17.1. The number of ether oxygens (including phenoxy) is 1. The van der Waals surface area contributed by atoms with Crippen LogP contribution in [0.3, 0.4) is 0 Å². The van der Waals surface area contributed by atoms with Crippen LogP contribution in [0.2, 0.25) is 0 Å². The van der Waals surface area contributed by atoms with Crippen molar-refractivity contribution in [2.45, 2.75) is 10.1 Å². The van der Waals surface area contributed by atoms with Gasteiger partial charge in [-0.3, -0.25) is 4.72 Å². The lowest BCUT2D eigenvalue weighted by atomic mass is 10.3. The molecule has 0 fully saturated rings. The van der Waals surface area contributed by atoms with Gasteiger partial charge >= 0.3 is 0 Å². The van der Waals surface area contributed by atoms with E-state index in [1.54, 1.807) is 30.3 Å². The van der Waals surface area contributed by atoms with E-state index in [4.69, 9.17) is 14.4 Å². The van der Waals surface area contributed by atoms with Gasteiger partial charge in [-0.25, -0.2) is 13.4 Å². The molecule has 1 N–H and O–H groups in total. The maximum Gasteiger partial charge on any atom is 0.261 e. The second kappa shape index (κ2) is 7.04. The molecule has 7 nitrogen and oxygen atoms in total. The standard InChI is InChI=1S/C16H13N3O4S2/c1-22-12-4-2-11(3-5-12)19-25(20,21)13-6-7-15-14(10-13)18-16(23-15)24-9-8-17/h2-7,10,19H,9H2,1H3. The molecule has 0 saturated heterocycles. The largest absolute Gasteiger partial charge is 0.497 e. The van der Waals surface area contributed by atoms with Crippen molar-refractivity contribution in [1.82, 2.24) is 4.98 Å². The highest BCUT2D eigenvalue weighted by molar-refractivity contribution is 7.99. The van der Waals surface area contributed by atoms with E-state index in [9.17, 15) is 8.42 Å². The van der Waals surface area contributed by atoms with Gasteiger partial charge < -0.3 is 9.15 Å². The number of oxazole rings is 1. The smallest absolute Gasteiger partial charge is 0.261 e. The van der Waals surface area contributed by atoms with Crippen LogP contribution in [-0.4, -0.2) is 26.3 Å². The monoisotopic (exact) mass is 375 g/mol. The quantitative estimate of drug-likeness (QED) is 0.659. The maximum atomic E-state index is 12.5. The number of rotatable bonds is 6. The number of methoxy groups -OCH3 is 1. The predicted octanol–water partition coefficient (Wildman–Crippen LogP) is 3.25. The van der Waals surface area contributed by atoms with Crippen LogP contribution in [0, 0.1) is 11.3 Å². The number of fused-ring (bicyclic) bond motifs is 1. The fraction of sp³-hybridized carbons (Fsp3) is 0.125. The summed E-state index contributed by atoms with van der Waals surface area (Å²) < 4.78 is 38.1. The van der Waals surface area contributed by atoms with Gasteiger partial charge in [0, 0.05) is 5.69 Å². The number of nitrogens with one attached hydrogen (secondary N) is 1. The molecule has 9 heteroatoms. The van der Waals surface area contributed by atoms with Crippen LogP contribution in [-0.2, 0) is 10.0 Å². The lowest BCUT2D eigenvalue weighted by molar-refractivity contribution is 0.415. The fourth-order valence-corrected chi connectivity index (χ4v) is 3.66. The third-order valence-electron chi connectivity index (χ3n) is 3.25. The van der Waals surface area contributed by atoms with E-state index in [2.05, 4.69) is 9.71 Å². The van der Waals surface area contributed by atoms with Crippen LogP contribution in [0.1, 0.15) is 0 Å². The highest BCUT2D eigenvalue weighted by Crippen LogP contribution is 2.26.